The molecule has 0 fully saturated rings. The maximum Gasteiger partial charge on any atom is 0.339 e. The molecule has 0 radical (unpaired) electrons. The third-order valence-electron chi connectivity index (χ3n) is 5.19. The summed E-state index contributed by atoms with van der Waals surface area (Å²) in [6, 6.07) is 9.67. The molecule has 3 aromatic heterocycles. The van der Waals surface area contributed by atoms with Gasteiger partial charge in [-0.15, -0.1) is 11.3 Å². The van der Waals surface area contributed by atoms with E-state index in [1.807, 2.05) is 0 Å². The minimum atomic E-state index is -1.14. The molecule has 0 amide bonds. The molecule has 0 aliphatic heterocycles. The SMILES string of the molecule is COCCOc1ccc(-c2nc(Nc3ncc(-c4ccco4)cc3C(=O)O)sc2CC(C)C)cc1F. The van der Waals surface area contributed by atoms with Crippen molar-refractivity contribution in [2.24, 2.45) is 5.92 Å². The summed E-state index contributed by atoms with van der Waals surface area (Å²) in [4.78, 5) is 21.9. The number of furan rings is 1. The molecule has 2 N–H and O–H groups in total. The summed E-state index contributed by atoms with van der Waals surface area (Å²) in [5.74, 6) is -0.486. The van der Waals surface area contributed by atoms with Crippen molar-refractivity contribution >= 4 is 28.3 Å². The highest BCUT2D eigenvalue weighted by Crippen LogP contribution is 2.36. The van der Waals surface area contributed by atoms with Crippen LogP contribution < -0.4 is 10.1 Å². The van der Waals surface area contributed by atoms with Gasteiger partial charge in [-0.05, 0) is 48.7 Å². The van der Waals surface area contributed by atoms with Gasteiger partial charge in [0.2, 0.25) is 0 Å². The molecule has 10 heteroatoms. The van der Waals surface area contributed by atoms with Gasteiger partial charge in [0.05, 0.1) is 18.6 Å². The lowest BCUT2D eigenvalue weighted by atomic mass is 10.0. The van der Waals surface area contributed by atoms with Crippen molar-refractivity contribution in [3.63, 3.8) is 0 Å². The van der Waals surface area contributed by atoms with E-state index < -0.39 is 11.8 Å². The molecule has 0 saturated heterocycles. The van der Waals surface area contributed by atoms with Crippen molar-refractivity contribution in [3.05, 3.63) is 65.1 Å². The van der Waals surface area contributed by atoms with Crippen molar-refractivity contribution < 1.29 is 28.2 Å². The van der Waals surface area contributed by atoms with Crippen LogP contribution in [0.5, 0.6) is 5.75 Å². The van der Waals surface area contributed by atoms with Crippen LogP contribution in [0.1, 0.15) is 29.1 Å². The van der Waals surface area contributed by atoms with Crippen molar-refractivity contribution in [1.29, 1.82) is 0 Å². The predicted molar refractivity (Wildman–Crippen MR) is 136 cm³/mol. The van der Waals surface area contributed by atoms with Crippen LogP contribution in [-0.4, -0.2) is 41.4 Å². The largest absolute Gasteiger partial charge is 0.488 e. The second-order valence-corrected chi connectivity index (χ2v) is 9.49. The molecule has 188 valence electrons. The normalized spacial score (nSPS) is 11.1. The molecule has 0 bridgehead atoms. The lowest BCUT2D eigenvalue weighted by Crippen LogP contribution is -2.05. The summed E-state index contributed by atoms with van der Waals surface area (Å²) >= 11 is 1.38. The Morgan fingerprint density at radius 2 is 2.06 bits per heavy atom. The first kappa shape index (κ1) is 25.3. The van der Waals surface area contributed by atoms with Gasteiger partial charge < -0.3 is 24.3 Å². The zero-order valence-electron chi connectivity index (χ0n) is 20.1. The molecular weight excluding hydrogens is 485 g/mol. The van der Waals surface area contributed by atoms with Crippen molar-refractivity contribution in [1.82, 2.24) is 9.97 Å². The number of methoxy groups -OCH3 is 1. The first-order valence-electron chi connectivity index (χ1n) is 11.3. The Kier molecular flexibility index (Phi) is 7.97. The quantitative estimate of drug-likeness (QED) is 0.227. The van der Waals surface area contributed by atoms with Crippen LogP contribution in [0, 0.1) is 11.7 Å². The second kappa shape index (κ2) is 11.3. The fourth-order valence-corrected chi connectivity index (χ4v) is 4.74. The number of anilines is 2. The topological polar surface area (TPSA) is 107 Å². The Hall–Kier alpha value is -3.76. The number of carbonyl (C=O) groups is 1. The van der Waals surface area contributed by atoms with E-state index in [0.717, 1.165) is 11.3 Å². The number of nitrogens with one attached hydrogen (secondary N) is 1. The highest BCUT2D eigenvalue weighted by Gasteiger charge is 2.20. The minimum absolute atomic E-state index is 0.0188. The van der Waals surface area contributed by atoms with Gasteiger partial charge in [-0.25, -0.2) is 19.2 Å². The van der Waals surface area contributed by atoms with Crippen molar-refractivity contribution in [2.45, 2.75) is 20.3 Å². The third-order valence-corrected chi connectivity index (χ3v) is 6.18. The number of rotatable bonds is 11. The van der Waals surface area contributed by atoms with Crippen LogP contribution in [0.4, 0.5) is 15.3 Å². The second-order valence-electron chi connectivity index (χ2n) is 8.40. The Morgan fingerprint density at radius 1 is 1.22 bits per heavy atom. The van der Waals surface area contributed by atoms with E-state index in [9.17, 15) is 14.3 Å². The predicted octanol–water partition coefficient (Wildman–Crippen LogP) is 6.27. The summed E-state index contributed by atoms with van der Waals surface area (Å²) in [7, 11) is 1.55. The molecule has 4 aromatic rings. The molecule has 1 aromatic carbocycles. The molecule has 8 nitrogen and oxygen atoms in total. The first-order chi connectivity index (χ1) is 17.4. The molecule has 3 heterocycles. The lowest BCUT2D eigenvalue weighted by molar-refractivity contribution is 0.0697. The number of carboxylic acids is 1. The fraction of sp³-hybridized carbons (Fsp3) is 0.269. The molecular formula is C26H26FN3O5S. The molecule has 4 rings (SSSR count). The standard InChI is InChI=1S/C26H26FN3O5S/c1-15(2)11-22-23(16-6-7-21(19(27)13-16)35-10-9-33-3)29-26(36-22)30-24-18(25(31)32)12-17(14-28-24)20-5-4-8-34-20/h4-8,12-15H,9-11H2,1-3H3,(H,31,32)(H,28,29,30). The average Bonchev–Trinajstić information content (AvgIpc) is 3.50. The van der Waals surface area contributed by atoms with E-state index in [1.54, 1.807) is 31.4 Å². The first-order valence-corrected chi connectivity index (χ1v) is 12.1. The minimum Gasteiger partial charge on any atom is -0.488 e. The van der Waals surface area contributed by atoms with Gasteiger partial charge in [0.25, 0.3) is 0 Å². The third kappa shape index (κ3) is 5.89. The summed E-state index contributed by atoms with van der Waals surface area (Å²) < 4.78 is 30.4. The monoisotopic (exact) mass is 511 g/mol. The number of thiazole rings is 1. The van der Waals surface area contributed by atoms with Crippen LogP contribution in [0.15, 0.2) is 53.3 Å². The Bertz CT molecular complexity index is 1340. The number of hydrogen-bond acceptors (Lipinski definition) is 8. The van der Waals surface area contributed by atoms with Gasteiger partial charge in [0, 0.05) is 29.3 Å². The van der Waals surface area contributed by atoms with E-state index in [4.69, 9.17) is 13.9 Å². The number of aromatic carboxylic acids is 1. The Labute approximate surface area is 211 Å². The number of hydrogen-bond donors (Lipinski definition) is 2. The Balaban J connectivity index is 1.65. The van der Waals surface area contributed by atoms with E-state index in [2.05, 4.69) is 29.1 Å². The van der Waals surface area contributed by atoms with Gasteiger partial charge in [-0.1, -0.05) is 13.8 Å². The summed E-state index contributed by atoms with van der Waals surface area (Å²) in [6.07, 6.45) is 3.77. The maximum absolute atomic E-state index is 14.7. The molecule has 0 aliphatic carbocycles. The van der Waals surface area contributed by atoms with Gasteiger partial charge >= 0.3 is 5.97 Å². The van der Waals surface area contributed by atoms with Crippen molar-refractivity contribution in [2.75, 3.05) is 25.6 Å². The van der Waals surface area contributed by atoms with Crippen molar-refractivity contribution in [3.8, 4) is 28.3 Å². The smallest absolute Gasteiger partial charge is 0.339 e. The number of pyridine rings is 1. The van der Waals surface area contributed by atoms with Crippen LogP contribution in [-0.2, 0) is 11.2 Å². The van der Waals surface area contributed by atoms with Gasteiger partial charge in [-0.2, -0.15) is 0 Å². The van der Waals surface area contributed by atoms with Crippen LogP contribution in [0.3, 0.4) is 0 Å². The molecule has 0 spiro atoms. The maximum atomic E-state index is 14.7. The molecule has 0 saturated carbocycles. The molecule has 0 unspecified atom stereocenters. The average molecular weight is 512 g/mol. The molecule has 0 atom stereocenters. The van der Waals surface area contributed by atoms with E-state index in [0.29, 0.717) is 40.2 Å². The van der Waals surface area contributed by atoms with Gasteiger partial charge in [0.1, 0.15) is 23.7 Å². The van der Waals surface area contributed by atoms with E-state index in [1.165, 1.54) is 35.9 Å². The number of aromatic nitrogens is 2. The zero-order valence-corrected chi connectivity index (χ0v) is 20.9. The van der Waals surface area contributed by atoms with Gasteiger partial charge in [-0.3, -0.25) is 0 Å². The molecule has 36 heavy (non-hydrogen) atoms. The van der Waals surface area contributed by atoms with Gasteiger partial charge in [0.15, 0.2) is 16.7 Å². The lowest BCUT2D eigenvalue weighted by Gasteiger charge is -2.09. The van der Waals surface area contributed by atoms with E-state index in [-0.39, 0.29) is 23.7 Å². The summed E-state index contributed by atoms with van der Waals surface area (Å²) in [6.45, 7) is 4.77. The van der Waals surface area contributed by atoms with Crippen LogP contribution in [0.2, 0.25) is 0 Å². The number of carboxylic acid groups (broad SMARTS) is 1. The highest BCUT2D eigenvalue weighted by atomic mass is 32.1. The van der Waals surface area contributed by atoms with E-state index >= 15 is 0 Å². The number of nitrogens with zero attached hydrogens (tertiary/aromatic N) is 2. The number of ether oxygens (including phenoxy) is 2. The highest BCUT2D eigenvalue weighted by molar-refractivity contribution is 7.16. The Morgan fingerprint density at radius 3 is 2.72 bits per heavy atom. The van der Waals surface area contributed by atoms with Crippen LogP contribution >= 0.6 is 11.3 Å². The molecule has 0 aliphatic rings. The number of halogens is 1. The summed E-state index contributed by atoms with van der Waals surface area (Å²) in [5.41, 5.74) is 1.76. The fourth-order valence-electron chi connectivity index (χ4n) is 3.55. The van der Waals surface area contributed by atoms with Crippen LogP contribution in [0.25, 0.3) is 22.6 Å². The zero-order chi connectivity index (χ0) is 25.7. The number of benzene rings is 1. The summed E-state index contributed by atoms with van der Waals surface area (Å²) in [5, 5.41) is 13.3.